The molecule has 0 radical (unpaired) electrons. The topological polar surface area (TPSA) is 69.6 Å². The molecule has 2 rings (SSSR count). The lowest BCUT2D eigenvalue weighted by Crippen LogP contribution is -2.45. The van der Waals surface area contributed by atoms with Gasteiger partial charge in [-0.1, -0.05) is 0 Å². The van der Waals surface area contributed by atoms with E-state index in [-0.39, 0.29) is 17.9 Å². The predicted octanol–water partition coefficient (Wildman–Crippen LogP) is 1.59. The van der Waals surface area contributed by atoms with Gasteiger partial charge in [0.2, 0.25) is 5.91 Å². The summed E-state index contributed by atoms with van der Waals surface area (Å²) in [5.74, 6) is -0.972. The van der Waals surface area contributed by atoms with E-state index in [1.807, 2.05) is 0 Å². The molecule has 5 nitrogen and oxygen atoms in total. The van der Waals surface area contributed by atoms with Crippen molar-refractivity contribution in [2.24, 2.45) is 5.92 Å². The standard InChI is InChI=1S/C15H22N2O3S/c1-11(8-12-4-7-21-10-12)16-9-14(18)17-5-2-13(3-6-17)15(19)20/h4,7,10-11,13,16H,2-3,5-6,8-9H2,1H3,(H,19,20). The average Bonchev–Trinajstić information content (AvgIpc) is 2.97. The fourth-order valence-corrected chi connectivity index (χ4v) is 3.27. The molecule has 1 unspecified atom stereocenters. The number of piperidine rings is 1. The number of carboxylic acids is 1. The highest BCUT2D eigenvalue weighted by atomic mass is 32.1. The first kappa shape index (κ1) is 16.0. The van der Waals surface area contributed by atoms with E-state index in [2.05, 4.69) is 29.1 Å². The molecule has 6 heteroatoms. The first-order chi connectivity index (χ1) is 10.1. The molecule has 1 aliphatic heterocycles. The molecule has 0 spiro atoms. The number of likely N-dealkylation sites (tertiary alicyclic amines) is 1. The number of aliphatic carboxylic acids is 1. The first-order valence-electron chi connectivity index (χ1n) is 7.31. The van der Waals surface area contributed by atoms with Gasteiger partial charge >= 0.3 is 5.97 Å². The lowest BCUT2D eigenvalue weighted by molar-refractivity contribution is -0.145. The van der Waals surface area contributed by atoms with Gasteiger partial charge in [-0.05, 0) is 48.6 Å². The van der Waals surface area contributed by atoms with Gasteiger partial charge < -0.3 is 15.3 Å². The minimum atomic E-state index is -0.746. The van der Waals surface area contributed by atoms with E-state index in [1.54, 1.807) is 16.2 Å². The summed E-state index contributed by atoms with van der Waals surface area (Å²) in [5.41, 5.74) is 1.29. The van der Waals surface area contributed by atoms with Crippen LogP contribution in [0.1, 0.15) is 25.3 Å². The highest BCUT2D eigenvalue weighted by molar-refractivity contribution is 7.07. The number of nitrogens with one attached hydrogen (secondary N) is 1. The monoisotopic (exact) mass is 310 g/mol. The fourth-order valence-electron chi connectivity index (χ4n) is 2.58. The van der Waals surface area contributed by atoms with Gasteiger partial charge in [-0.2, -0.15) is 11.3 Å². The van der Waals surface area contributed by atoms with Crippen LogP contribution in [0.2, 0.25) is 0 Å². The van der Waals surface area contributed by atoms with E-state index >= 15 is 0 Å². The molecule has 1 amide bonds. The van der Waals surface area contributed by atoms with Crippen molar-refractivity contribution in [3.63, 3.8) is 0 Å². The number of carboxylic acid groups (broad SMARTS) is 1. The zero-order valence-corrected chi connectivity index (χ0v) is 13.1. The average molecular weight is 310 g/mol. The molecule has 0 bridgehead atoms. The van der Waals surface area contributed by atoms with Gasteiger partial charge in [0.25, 0.3) is 0 Å². The maximum atomic E-state index is 12.1. The van der Waals surface area contributed by atoms with Crippen molar-refractivity contribution in [2.45, 2.75) is 32.2 Å². The Balaban J connectivity index is 1.69. The van der Waals surface area contributed by atoms with Crippen molar-refractivity contribution < 1.29 is 14.7 Å². The third-order valence-electron chi connectivity index (χ3n) is 3.92. The Kier molecular flexibility index (Phi) is 5.76. The van der Waals surface area contributed by atoms with Gasteiger partial charge in [0, 0.05) is 19.1 Å². The molecule has 0 saturated carbocycles. The number of nitrogens with zero attached hydrogens (tertiary/aromatic N) is 1. The third-order valence-corrected chi connectivity index (χ3v) is 4.65. The van der Waals surface area contributed by atoms with Gasteiger partial charge in [0.1, 0.15) is 0 Å². The Hall–Kier alpha value is -1.40. The molecule has 116 valence electrons. The molecule has 1 aromatic heterocycles. The highest BCUT2D eigenvalue weighted by Crippen LogP contribution is 2.17. The number of rotatable bonds is 6. The Morgan fingerprint density at radius 3 is 2.76 bits per heavy atom. The first-order valence-corrected chi connectivity index (χ1v) is 8.25. The molecule has 2 N–H and O–H groups in total. The summed E-state index contributed by atoms with van der Waals surface area (Å²) >= 11 is 1.68. The van der Waals surface area contributed by atoms with Crippen LogP contribution >= 0.6 is 11.3 Å². The van der Waals surface area contributed by atoms with Crippen LogP contribution < -0.4 is 5.32 Å². The predicted molar refractivity (Wildman–Crippen MR) is 82.4 cm³/mol. The SMILES string of the molecule is CC(Cc1ccsc1)NCC(=O)N1CCC(C(=O)O)CC1. The van der Waals surface area contributed by atoms with Gasteiger partial charge in [0.15, 0.2) is 0 Å². The van der Waals surface area contributed by atoms with E-state index in [4.69, 9.17) is 5.11 Å². The Morgan fingerprint density at radius 1 is 1.48 bits per heavy atom. The van der Waals surface area contributed by atoms with E-state index in [9.17, 15) is 9.59 Å². The lowest BCUT2D eigenvalue weighted by atomic mass is 9.97. The van der Waals surface area contributed by atoms with Gasteiger partial charge in [-0.15, -0.1) is 0 Å². The molecule has 1 saturated heterocycles. The summed E-state index contributed by atoms with van der Waals surface area (Å²) in [7, 11) is 0. The van der Waals surface area contributed by atoms with Gasteiger partial charge in [-0.3, -0.25) is 9.59 Å². The van der Waals surface area contributed by atoms with Crippen molar-refractivity contribution in [2.75, 3.05) is 19.6 Å². The molecule has 2 heterocycles. The Morgan fingerprint density at radius 2 is 2.19 bits per heavy atom. The number of hydrogen-bond acceptors (Lipinski definition) is 4. The Bertz CT molecular complexity index is 467. The number of hydrogen-bond donors (Lipinski definition) is 2. The van der Waals surface area contributed by atoms with E-state index in [1.165, 1.54) is 5.56 Å². The zero-order chi connectivity index (χ0) is 15.2. The minimum Gasteiger partial charge on any atom is -0.481 e. The Labute approximate surface area is 129 Å². The molecule has 1 atom stereocenters. The van der Waals surface area contributed by atoms with Crippen LogP contribution in [0, 0.1) is 5.92 Å². The molecular weight excluding hydrogens is 288 g/mol. The quantitative estimate of drug-likeness (QED) is 0.837. The number of thiophene rings is 1. The minimum absolute atomic E-state index is 0.0657. The summed E-state index contributed by atoms with van der Waals surface area (Å²) in [6.45, 7) is 3.50. The third kappa shape index (κ3) is 4.82. The van der Waals surface area contributed by atoms with Gasteiger partial charge in [-0.25, -0.2) is 0 Å². The maximum Gasteiger partial charge on any atom is 0.306 e. The maximum absolute atomic E-state index is 12.1. The number of carbonyl (C=O) groups is 2. The van der Waals surface area contributed by atoms with E-state index < -0.39 is 5.97 Å². The molecule has 0 aromatic carbocycles. The van der Waals surface area contributed by atoms with Crippen LogP contribution in [0.3, 0.4) is 0 Å². The number of carbonyl (C=O) groups excluding carboxylic acids is 1. The fraction of sp³-hybridized carbons (Fsp3) is 0.600. The van der Waals surface area contributed by atoms with Crippen molar-refractivity contribution in [1.82, 2.24) is 10.2 Å². The van der Waals surface area contributed by atoms with Crippen LogP contribution in [-0.4, -0.2) is 47.6 Å². The second-order valence-corrected chi connectivity index (χ2v) is 6.39. The molecule has 1 aliphatic rings. The molecule has 0 aliphatic carbocycles. The molecular formula is C15H22N2O3S. The van der Waals surface area contributed by atoms with Crippen molar-refractivity contribution >= 4 is 23.2 Å². The van der Waals surface area contributed by atoms with Crippen LogP contribution in [0.15, 0.2) is 16.8 Å². The molecule has 1 fully saturated rings. The lowest BCUT2D eigenvalue weighted by Gasteiger charge is -2.30. The smallest absolute Gasteiger partial charge is 0.306 e. The normalized spacial score (nSPS) is 17.7. The number of amides is 1. The van der Waals surface area contributed by atoms with Crippen molar-refractivity contribution in [1.29, 1.82) is 0 Å². The van der Waals surface area contributed by atoms with Crippen molar-refractivity contribution in [3.05, 3.63) is 22.4 Å². The highest BCUT2D eigenvalue weighted by Gasteiger charge is 2.26. The summed E-state index contributed by atoms with van der Waals surface area (Å²) in [6.07, 6.45) is 2.04. The van der Waals surface area contributed by atoms with Gasteiger partial charge in [0.05, 0.1) is 12.5 Å². The second-order valence-electron chi connectivity index (χ2n) is 5.61. The van der Waals surface area contributed by atoms with E-state index in [0.29, 0.717) is 32.5 Å². The second kappa shape index (κ2) is 7.56. The largest absolute Gasteiger partial charge is 0.481 e. The summed E-state index contributed by atoms with van der Waals surface area (Å²) < 4.78 is 0. The van der Waals surface area contributed by atoms with E-state index in [0.717, 1.165) is 6.42 Å². The van der Waals surface area contributed by atoms with Crippen molar-refractivity contribution in [3.8, 4) is 0 Å². The molecule has 21 heavy (non-hydrogen) atoms. The zero-order valence-electron chi connectivity index (χ0n) is 12.2. The summed E-state index contributed by atoms with van der Waals surface area (Å²) in [6, 6.07) is 2.35. The van der Waals surface area contributed by atoms with Crippen LogP contribution in [0.5, 0.6) is 0 Å². The van der Waals surface area contributed by atoms with Crippen LogP contribution in [0.25, 0.3) is 0 Å². The van der Waals surface area contributed by atoms with Crippen LogP contribution in [-0.2, 0) is 16.0 Å². The van der Waals surface area contributed by atoms with Crippen LogP contribution in [0.4, 0.5) is 0 Å². The summed E-state index contributed by atoms with van der Waals surface area (Å²) in [5, 5.41) is 16.4. The molecule has 1 aromatic rings. The summed E-state index contributed by atoms with van der Waals surface area (Å²) in [4.78, 5) is 24.7.